The van der Waals surface area contributed by atoms with Crippen molar-refractivity contribution in [2.45, 2.75) is 51.1 Å². The molecule has 0 saturated carbocycles. The summed E-state index contributed by atoms with van der Waals surface area (Å²) in [5.41, 5.74) is 1.29. The fraction of sp³-hybridized carbons (Fsp3) is 0.323. The molecule has 0 radical (unpaired) electrons. The normalized spacial score (nSPS) is 13.5. The number of alkyl halides is 3. The molecule has 3 aromatic carbocycles. The molecule has 0 aromatic heterocycles. The first-order valence-electron chi connectivity index (χ1n) is 13.2. The van der Waals surface area contributed by atoms with Gasteiger partial charge in [0, 0.05) is 11.4 Å². The minimum Gasteiger partial charge on any atom is -0.497 e. The summed E-state index contributed by atoms with van der Waals surface area (Å²) in [7, 11) is 1.53. The lowest BCUT2D eigenvalue weighted by molar-refractivity contribution is -0.175. The van der Waals surface area contributed by atoms with Gasteiger partial charge in [0.05, 0.1) is 19.6 Å². The third-order valence-electron chi connectivity index (χ3n) is 6.41. The zero-order valence-corrected chi connectivity index (χ0v) is 24.0. The molecule has 0 saturated heterocycles. The SMILES string of the molecule is COc1ccc(O[C@@H](CC(=O)N[C@@H](Cc2ccccc2)C(=O)N[C@H](C(=O)C(F)(F)F)C(C)C)c2ccc(Cl)cc2)cc1. The van der Waals surface area contributed by atoms with Gasteiger partial charge in [-0.15, -0.1) is 0 Å². The molecule has 0 aliphatic heterocycles. The highest BCUT2D eigenvalue weighted by atomic mass is 35.5. The van der Waals surface area contributed by atoms with E-state index in [1.165, 1.54) is 21.0 Å². The lowest BCUT2D eigenvalue weighted by Gasteiger charge is -2.26. The summed E-state index contributed by atoms with van der Waals surface area (Å²) in [6, 6.07) is 19.0. The van der Waals surface area contributed by atoms with Gasteiger partial charge in [-0.3, -0.25) is 14.4 Å². The van der Waals surface area contributed by atoms with Gasteiger partial charge >= 0.3 is 6.18 Å². The lowest BCUT2D eigenvalue weighted by Crippen LogP contribution is -2.56. The van der Waals surface area contributed by atoms with Gasteiger partial charge in [0.25, 0.3) is 5.78 Å². The maximum atomic E-state index is 13.3. The van der Waals surface area contributed by atoms with E-state index in [0.717, 1.165) is 0 Å². The van der Waals surface area contributed by atoms with Crippen LogP contribution >= 0.6 is 11.6 Å². The number of benzene rings is 3. The van der Waals surface area contributed by atoms with Crippen molar-refractivity contribution in [3.05, 3.63) is 95.0 Å². The van der Waals surface area contributed by atoms with E-state index < -0.39 is 47.9 Å². The van der Waals surface area contributed by atoms with E-state index in [9.17, 15) is 27.6 Å². The Hall–Kier alpha value is -4.05. The monoisotopic (exact) mass is 604 g/mol. The second-order valence-corrected chi connectivity index (χ2v) is 10.4. The Bertz CT molecular complexity index is 1330. The number of carbonyl (C=O) groups excluding carboxylic acids is 3. The number of rotatable bonds is 13. The number of halogens is 4. The number of ether oxygens (including phenoxy) is 2. The van der Waals surface area contributed by atoms with E-state index >= 15 is 0 Å². The van der Waals surface area contributed by atoms with Crippen LogP contribution in [0.15, 0.2) is 78.9 Å². The highest BCUT2D eigenvalue weighted by Gasteiger charge is 2.45. The molecule has 2 amide bonds. The van der Waals surface area contributed by atoms with Crippen LogP contribution in [0.2, 0.25) is 5.02 Å². The molecule has 0 fully saturated rings. The summed E-state index contributed by atoms with van der Waals surface area (Å²) in [6.45, 7) is 2.79. The second kappa shape index (κ2) is 14.7. The minimum atomic E-state index is -5.13. The fourth-order valence-corrected chi connectivity index (χ4v) is 4.30. The average molecular weight is 605 g/mol. The van der Waals surface area contributed by atoms with Crippen molar-refractivity contribution >= 4 is 29.2 Å². The molecule has 0 bridgehead atoms. The van der Waals surface area contributed by atoms with Crippen molar-refractivity contribution in [1.29, 1.82) is 0 Å². The molecule has 0 heterocycles. The minimum absolute atomic E-state index is 0.0195. The van der Waals surface area contributed by atoms with Crippen LogP contribution in [-0.2, 0) is 20.8 Å². The van der Waals surface area contributed by atoms with E-state index in [1.807, 2.05) is 0 Å². The zero-order chi connectivity index (χ0) is 30.9. The number of nitrogens with one attached hydrogen (secondary N) is 2. The number of hydrogen-bond donors (Lipinski definition) is 2. The topological polar surface area (TPSA) is 93.7 Å². The number of hydrogen-bond acceptors (Lipinski definition) is 5. The first kappa shape index (κ1) is 32.5. The smallest absolute Gasteiger partial charge is 0.452 e. The van der Waals surface area contributed by atoms with Gasteiger partial charge < -0.3 is 20.1 Å². The summed E-state index contributed by atoms with van der Waals surface area (Å²) < 4.78 is 50.9. The van der Waals surface area contributed by atoms with E-state index in [4.69, 9.17) is 21.1 Å². The van der Waals surface area contributed by atoms with Crippen LogP contribution in [-0.4, -0.2) is 43.0 Å². The molecule has 3 aromatic rings. The third-order valence-corrected chi connectivity index (χ3v) is 6.66. The highest BCUT2D eigenvalue weighted by Crippen LogP contribution is 2.28. The molecule has 2 N–H and O–H groups in total. The zero-order valence-electron chi connectivity index (χ0n) is 23.3. The van der Waals surface area contributed by atoms with Crippen molar-refractivity contribution in [3.63, 3.8) is 0 Å². The molecule has 3 rings (SSSR count). The summed E-state index contributed by atoms with van der Waals surface area (Å²) in [4.78, 5) is 38.6. The van der Waals surface area contributed by atoms with Gasteiger partial charge in [-0.25, -0.2) is 0 Å². The third kappa shape index (κ3) is 9.51. The van der Waals surface area contributed by atoms with E-state index in [-0.39, 0.29) is 12.8 Å². The summed E-state index contributed by atoms with van der Waals surface area (Å²) in [5.74, 6) is -3.35. The molecular formula is C31H32ClF3N2O5. The number of carbonyl (C=O) groups is 3. The molecule has 0 spiro atoms. The van der Waals surface area contributed by atoms with Crippen LogP contribution in [0.4, 0.5) is 13.2 Å². The van der Waals surface area contributed by atoms with Crippen molar-refractivity contribution in [2.75, 3.05) is 7.11 Å². The molecule has 3 atom stereocenters. The average Bonchev–Trinajstić information content (AvgIpc) is 2.95. The molecule has 0 aliphatic rings. The van der Waals surface area contributed by atoms with Crippen molar-refractivity contribution < 1.29 is 37.0 Å². The van der Waals surface area contributed by atoms with Crippen LogP contribution in [0.1, 0.15) is 37.5 Å². The van der Waals surface area contributed by atoms with Crippen LogP contribution in [0.5, 0.6) is 11.5 Å². The largest absolute Gasteiger partial charge is 0.497 e. The quantitative estimate of drug-likeness (QED) is 0.255. The lowest BCUT2D eigenvalue weighted by atomic mass is 9.97. The van der Waals surface area contributed by atoms with Crippen molar-refractivity contribution in [2.24, 2.45) is 5.92 Å². The highest BCUT2D eigenvalue weighted by molar-refractivity contribution is 6.30. The molecule has 11 heteroatoms. The summed E-state index contributed by atoms with van der Waals surface area (Å²) in [5, 5.41) is 5.33. The predicted octanol–water partition coefficient (Wildman–Crippen LogP) is 5.86. The van der Waals surface area contributed by atoms with E-state index in [0.29, 0.717) is 27.6 Å². The molecule has 224 valence electrons. The van der Waals surface area contributed by atoms with Gasteiger partial charge in [-0.2, -0.15) is 13.2 Å². The van der Waals surface area contributed by atoms with Crippen LogP contribution in [0, 0.1) is 5.92 Å². The maximum absolute atomic E-state index is 13.3. The van der Waals surface area contributed by atoms with E-state index in [1.54, 1.807) is 78.9 Å². The molecular weight excluding hydrogens is 573 g/mol. The van der Waals surface area contributed by atoms with Crippen LogP contribution < -0.4 is 20.1 Å². The Balaban J connectivity index is 1.84. The fourth-order valence-electron chi connectivity index (χ4n) is 4.17. The van der Waals surface area contributed by atoms with Crippen LogP contribution in [0.3, 0.4) is 0 Å². The Kier molecular flexibility index (Phi) is 11.4. The Morgan fingerprint density at radius 3 is 2.00 bits per heavy atom. The Labute approximate surface area is 247 Å². The molecule has 42 heavy (non-hydrogen) atoms. The number of methoxy groups -OCH3 is 1. The molecule has 0 unspecified atom stereocenters. The van der Waals surface area contributed by atoms with Crippen molar-refractivity contribution in [1.82, 2.24) is 10.6 Å². The first-order valence-corrected chi connectivity index (χ1v) is 13.6. The molecule has 0 aliphatic carbocycles. The van der Waals surface area contributed by atoms with Crippen molar-refractivity contribution in [3.8, 4) is 11.5 Å². The summed E-state index contributed by atoms with van der Waals surface area (Å²) >= 11 is 6.04. The molecule has 7 nitrogen and oxygen atoms in total. The Morgan fingerprint density at radius 1 is 0.857 bits per heavy atom. The van der Waals surface area contributed by atoms with Gasteiger partial charge in [0.2, 0.25) is 11.8 Å². The van der Waals surface area contributed by atoms with E-state index in [2.05, 4.69) is 10.6 Å². The van der Waals surface area contributed by atoms with Gasteiger partial charge in [-0.1, -0.05) is 67.9 Å². The van der Waals surface area contributed by atoms with Gasteiger partial charge in [0.1, 0.15) is 23.6 Å². The Morgan fingerprint density at radius 2 is 1.45 bits per heavy atom. The standard InChI is InChI=1S/C31H32ClF3N2O5/c1-19(2)28(29(39)31(33,34)35)37-30(40)25(17-20-7-5-4-6-8-20)36-27(38)18-26(21-9-11-22(32)12-10-21)42-24-15-13-23(41-3)14-16-24/h4-16,19,25-26,28H,17-18H2,1-3H3,(H,36,38)(H,37,40)/t25-,26-,28-/m0/s1. The second-order valence-electron chi connectivity index (χ2n) is 9.94. The first-order chi connectivity index (χ1) is 19.9. The number of ketones is 1. The van der Waals surface area contributed by atoms with Gasteiger partial charge in [-0.05, 0) is 53.4 Å². The number of Topliss-reactive ketones (excluding diaryl/α,β-unsaturated/α-hetero) is 1. The summed E-state index contributed by atoms with van der Waals surface area (Å²) in [6.07, 6.45) is -6.19. The number of amides is 2. The van der Waals surface area contributed by atoms with Crippen LogP contribution in [0.25, 0.3) is 0 Å². The predicted molar refractivity (Wildman–Crippen MR) is 152 cm³/mol. The van der Waals surface area contributed by atoms with Gasteiger partial charge in [0.15, 0.2) is 0 Å². The maximum Gasteiger partial charge on any atom is 0.452 e.